The van der Waals surface area contributed by atoms with Crippen LogP contribution in [-0.2, 0) is 9.59 Å². The number of hydrogen-bond donors (Lipinski definition) is 2. The molecule has 6 heteroatoms. The molecule has 0 aliphatic carbocycles. The van der Waals surface area contributed by atoms with Crippen LogP contribution in [0.5, 0.6) is 5.75 Å². The van der Waals surface area contributed by atoms with Crippen molar-refractivity contribution in [1.82, 2.24) is 0 Å². The highest BCUT2D eigenvalue weighted by molar-refractivity contribution is 6.34. The standard InChI is InChI=1S/C19H21ClN2O3/c1-4-25-14-11-9-13(10-12-14)21-17(23)19(2,3)18(24)22-16-8-6-5-7-15(16)20/h5-12H,4H2,1-3H3,(H,21,23)(H,22,24). The highest BCUT2D eigenvalue weighted by atomic mass is 35.5. The normalized spacial score (nSPS) is 10.9. The Kier molecular flexibility index (Phi) is 6.04. The maximum absolute atomic E-state index is 12.5. The molecule has 2 rings (SSSR count). The number of carbonyl (C=O) groups is 2. The Morgan fingerprint density at radius 3 is 2.20 bits per heavy atom. The molecule has 2 amide bonds. The molecule has 132 valence electrons. The quantitative estimate of drug-likeness (QED) is 0.753. The van der Waals surface area contributed by atoms with Crippen LogP contribution in [0.3, 0.4) is 0 Å². The zero-order valence-electron chi connectivity index (χ0n) is 14.4. The molecule has 2 N–H and O–H groups in total. The van der Waals surface area contributed by atoms with Gasteiger partial charge >= 0.3 is 0 Å². The number of rotatable bonds is 6. The molecule has 2 aromatic rings. The van der Waals surface area contributed by atoms with Crippen molar-refractivity contribution in [3.63, 3.8) is 0 Å². The first-order chi connectivity index (χ1) is 11.8. The van der Waals surface area contributed by atoms with Gasteiger partial charge in [-0.25, -0.2) is 0 Å². The predicted octanol–water partition coefficient (Wildman–Crippen LogP) is 4.34. The van der Waals surface area contributed by atoms with E-state index in [-0.39, 0.29) is 0 Å². The Bertz CT molecular complexity index is 758. The van der Waals surface area contributed by atoms with Crippen molar-refractivity contribution in [3.05, 3.63) is 53.6 Å². The van der Waals surface area contributed by atoms with Gasteiger partial charge in [-0.3, -0.25) is 9.59 Å². The summed E-state index contributed by atoms with van der Waals surface area (Å²) in [6, 6.07) is 13.9. The van der Waals surface area contributed by atoms with E-state index in [2.05, 4.69) is 10.6 Å². The molecule has 0 bridgehead atoms. The molecule has 0 fully saturated rings. The van der Waals surface area contributed by atoms with Gasteiger partial charge in [0, 0.05) is 5.69 Å². The molecule has 25 heavy (non-hydrogen) atoms. The minimum atomic E-state index is -1.28. The SMILES string of the molecule is CCOc1ccc(NC(=O)C(C)(C)C(=O)Nc2ccccc2Cl)cc1. The molecule has 0 radical (unpaired) electrons. The molecule has 0 aliphatic rings. The van der Waals surface area contributed by atoms with E-state index in [9.17, 15) is 9.59 Å². The van der Waals surface area contributed by atoms with Crippen molar-refractivity contribution in [2.45, 2.75) is 20.8 Å². The van der Waals surface area contributed by atoms with E-state index in [0.29, 0.717) is 23.0 Å². The van der Waals surface area contributed by atoms with Gasteiger partial charge < -0.3 is 15.4 Å². The third kappa shape index (κ3) is 4.73. The van der Waals surface area contributed by atoms with Gasteiger partial charge in [-0.05, 0) is 57.2 Å². The number of benzene rings is 2. The first kappa shape index (κ1) is 18.8. The Labute approximate surface area is 152 Å². The molecular weight excluding hydrogens is 340 g/mol. The smallest absolute Gasteiger partial charge is 0.239 e. The molecule has 0 aromatic heterocycles. The van der Waals surface area contributed by atoms with Crippen molar-refractivity contribution in [3.8, 4) is 5.75 Å². The van der Waals surface area contributed by atoms with Crippen LogP contribution in [0.1, 0.15) is 20.8 Å². The van der Waals surface area contributed by atoms with E-state index in [1.54, 1.807) is 62.4 Å². The second kappa shape index (κ2) is 8.03. The molecule has 0 saturated carbocycles. The van der Waals surface area contributed by atoms with Gasteiger partial charge in [-0.2, -0.15) is 0 Å². The third-order valence-electron chi connectivity index (χ3n) is 3.68. The molecule has 0 unspecified atom stereocenters. The molecule has 0 saturated heterocycles. The molecule has 0 atom stereocenters. The second-order valence-corrected chi connectivity index (χ2v) is 6.38. The average molecular weight is 361 g/mol. The summed E-state index contributed by atoms with van der Waals surface area (Å²) in [7, 11) is 0. The van der Waals surface area contributed by atoms with E-state index >= 15 is 0 Å². The number of halogens is 1. The molecule has 0 heterocycles. The summed E-state index contributed by atoms with van der Waals surface area (Å²) in [6.45, 7) is 5.59. The fourth-order valence-electron chi connectivity index (χ4n) is 2.03. The van der Waals surface area contributed by atoms with Crippen LogP contribution in [0.15, 0.2) is 48.5 Å². The summed E-state index contributed by atoms with van der Waals surface area (Å²) < 4.78 is 5.36. The van der Waals surface area contributed by atoms with Crippen LogP contribution in [-0.4, -0.2) is 18.4 Å². The minimum Gasteiger partial charge on any atom is -0.494 e. The van der Waals surface area contributed by atoms with Crippen LogP contribution in [0.25, 0.3) is 0 Å². The number of ether oxygens (including phenoxy) is 1. The lowest BCUT2D eigenvalue weighted by Crippen LogP contribution is -2.41. The summed E-state index contributed by atoms with van der Waals surface area (Å²) >= 11 is 6.04. The highest BCUT2D eigenvalue weighted by Gasteiger charge is 2.36. The van der Waals surface area contributed by atoms with Crippen molar-refractivity contribution in [2.24, 2.45) is 5.41 Å². The van der Waals surface area contributed by atoms with E-state index < -0.39 is 17.2 Å². The minimum absolute atomic E-state index is 0.415. The summed E-state index contributed by atoms with van der Waals surface area (Å²) in [4.78, 5) is 25.0. The predicted molar refractivity (Wildman–Crippen MR) is 100 cm³/mol. The maximum Gasteiger partial charge on any atom is 0.239 e. The maximum atomic E-state index is 12.5. The molecule has 5 nitrogen and oxygen atoms in total. The van der Waals surface area contributed by atoms with Crippen molar-refractivity contribution in [1.29, 1.82) is 0 Å². The van der Waals surface area contributed by atoms with Crippen LogP contribution >= 0.6 is 11.6 Å². The zero-order valence-corrected chi connectivity index (χ0v) is 15.2. The Balaban J connectivity index is 2.05. The van der Waals surface area contributed by atoms with Gasteiger partial charge in [0.05, 0.1) is 17.3 Å². The molecule has 0 aliphatic heterocycles. The number of nitrogens with one attached hydrogen (secondary N) is 2. The zero-order chi connectivity index (χ0) is 18.4. The fraction of sp³-hybridized carbons (Fsp3) is 0.263. The lowest BCUT2D eigenvalue weighted by molar-refractivity contribution is -0.135. The van der Waals surface area contributed by atoms with Gasteiger partial charge in [-0.15, -0.1) is 0 Å². The van der Waals surface area contributed by atoms with E-state index in [1.807, 2.05) is 6.92 Å². The number of para-hydroxylation sites is 1. The lowest BCUT2D eigenvalue weighted by Gasteiger charge is -2.23. The van der Waals surface area contributed by atoms with Gasteiger partial charge in [0.25, 0.3) is 0 Å². The van der Waals surface area contributed by atoms with Crippen LogP contribution in [0.2, 0.25) is 5.02 Å². The highest BCUT2D eigenvalue weighted by Crippen LogP contribution is 2.26. The number of carbonyl (C=O) groups excluding carboxylic acids is 2. The Morgan fingerprint density at radius 1 is 1.00 bits per heavy atom. The van der Waals surface area contributed by atoms with Gasteiger partial charge in [0.2, 0.25) is 11.8 Å². The van der Waals surface area contributed by atoms with Crippen LogP contribution in [0.4, 0.5) is 11.4 Å². The van der Waals surface area contributed by atoms with E-state index in [0.717, 1.165) is 5.75 Å². The monoisotopic (exact) mass is 360 g/mol. The summed E-state index contributed by atoms with van der Waals surface area (Å²) in [6.07, 6.45) is 0. The van der Waals surface area contributed by atoms with Gasteiger partial charge in [0.1, 0.15) is 11.2 Å². The average Bonchev–Trinajstić information content (AvgIpc) is 2.58. The van der Waals surface area contributed by atoms with Crippen LogP contribution in [0, 0.1) is 5.41 Å². The number of hydrogen-bond acceptors (Lipinski definition) is 3. The summed E-state index contributed by atoms with van der Waals surface area (Å²) in [5, 5.41) is 5.85. The third-order valence-corrected chi connectivity index (χ3v) is 4.01. The Morgan fingerprint density at radius 2 is 1.60 bits per heavy atom. The van der Waals surface area contributed by atoms with Gasteiger partial charge in [-0.1, -0.05) is 23.7 Å². The van der Waals surface area contributed by atoms with Crippen molar-refractivity contribution in [2.75, 3.05) is 17.2 Å². The molecular formula is C19H21ClN2O3. The molecule has 0 spiro atoms. The summed E-state index contributed by atoms with van der Waals surface area (Å²) in [5.41, 5.74) is -0.221. The largest absolute Gasteiger partial charge is 0.494 e. The van der Waals surface area contributed by atoms with Gasteiger partial charge in [0.15, 0.2) is 0 Å². The van der Waals surface area contributed by atoms with Crippen molar-refractivity contribution >= 4 is 34.8 Å². The van der Waals surface area contributed by atoms with Crippen LogP contribution < -0.4 is 15.4 Å². The van der Waals surface area contributed by atoms with E-state index in [1.165, 1.54) is 0 Å². The number of amides is 2. The van der Waals surface area contributed by atoms with E-state index in [4.69, 9.17) is 16.3 Å². The first-order valence-electron chi connectivity index (χ1n) is 7.95. The fourth-order valence-corrected chi connectivity index (χ4v) is 2.22. The molecule has 2 aromatic carbocycles. The lowest BCUT2D eigenvalue weighted by atomic mass is 9.90. The second-order valence-electron chi connectivity index (χ2n) is 5.97. The topological polar surface area (TPSA) is 67.4 Å². The summed E-state index contributed by atoms with van der Waals surface area (Å²) in [5.74, 6) is -0.138. The number of anilines is 2. The van der Waals surface area contributed by atoms with Crippen molar-refractivity contribution < 1.29 is 14.3 Å². The Hall–Kier alpha value is -2.53. The first-order valence-corrected chi connectivity index (χ1v) is 8.32.